The Bertz CT molecular complexity index is 511. The summed E-state index contributed by atoms with van der Waals surface area (Å²) >= 11 is 0. The molecule has 2 rings (SSSR count). The van der Waals surface area contributed by atoms with Gasteiger partial charge in [0.05, 0.1) is 11.7 Å². The standard InChI is InChI=1S/C14H17N3O/c1-10-16-8-7-13(17-10)14(15-2)9-11-3-5-12(18)6-4-11/h3-8,14-15,18H,9H2,1-2H3. The first-order valence-electron chi connectivity index (χ1n) is 5.94. The van der Waals surface area contributed by atoms with E-state index in [1.807, 2.05) is 32.2 Å². The molecule has 0 bridgehead atoms. The summed E-state index contributed by atoms with van der Waals surface area (Å²) in [5.74, 6) is 1.07. The minimum absolute atomic E-state index is 0.149. The van der Waals surface area contributed by atoms with Gasteiger partial charge in [-0.15, -0.1) is 0 Å². The van der Waals surface area contributed by atoms with Gasteiger partial charge in [0.15, 0.2) is 0 Å². The lowest BCUT2D eigenvalue weighted by atomic mass is 10.0. The normalized spacial score (nSPS) is 12.3. The van der Waals surface area contributed by atoms with E-state index in [1.54, 1.807) is 18.3 Å². The van der Waals surface area contributed by atoms with Crippen molar-refractivity contribution in [2.75, 3.05) is 7.05 Å². The van der Waals surface area contributed by atoms with E-state index in [0.29, 0.717) is 0 Å². The molecule has 0 radical (unpaired) electrons. The van der Waals surface area contributed by atoms with Gasteiger partial charge in [-0.25, -0.2) is 9.97 Å². The summed E-state index contributed by atoms with van der Waals surface area (Å²) < 4.78 is 0. The lowest BCUT2D eigenvalue weighted by Crippen LogP contribution is -2.20. The van der Waals surface area contributed by atoms with Crippen molar-refractivity contribution >= 4 is 0 Å². The zero-order chi connectivity index (χ0) is 13.0. The number of hydrogen-bond donors (Lipinski definition) is 2. The molecule has 0 amide bonds. The van der Waals surface area contributed by atoms with Crippen LogP contribution < -0.4 is 5.32 Å². The molecule has 1 aromatic heterocycles. The Balaban J connectivity index is 2.17. The molecule has 18 heavy (non-hydrogen) atoms. The first-order valence-corrected chi connectivity index (χ1v) is 5.94. The number of phenols is 1. The zero-order valence-electron chi connectivity index (χ0n) is 10.6. The van der Waals surface area contributed by atoms with Gasteiger partial charge in [-0.3, -0.25) is 0 Å². The van der Waals surface area contributed by atoms with E-state index in [2.05, 4.69) is 15.3 Å². The van der Waals surface area contributed by atoms with Crippen LogP contribution in [0.25, 0.3) is 0 Å². The minimum Gasteiger partial charge on any atom is -0.508 e. The molecule has 2 N–H and O–H groups in total. The molecule has 2 aromatic rings. The minimum atomic E-state index is 0.149. The second-order valence-corrected chi connectivity index (χ2v) is 4.24. The molecule has 1 heterocycles. The fraction of sp³-hybridized carbons (Fsp3) is 0.286. The van der Waals surface area contributed by atoms with Gasteiger partial charge in [0, 0.05) is 6.20 Å². The molecule has 1 aromatic carbocycles. The van der Waals surface area contributed by atoms with Crippen molar-refractivity contribution in [1.82, 2.24) is 15.3 Å². The van der Waals surface area contributed by atoms with Gasteiger partial charge in [0.1, 0.15) is 11.6 Å². The predicted octanol–water partition coefficient (Wildman–Crippen LogP) is 1.99. The van der Waals surface area contributed by atoms with Crippen molar-refractivity contribution < 1.29 is 5.11 Å². The highest BCUT2D eigenvalue weighted by atomic mass is 16.3. The molecule has 0 aliphatic rings. The van der Waals surface area contributed by atoms with Crippen molar-refractivity contribution in [2.45, 2.75) is 19.4 Å². The smallest absolute Gasteiger partial charge is 0.125 e. The monoisotopic (exact) mass is 243 g/mol. The Hall–Kier alpha value is -1.94. The Labute approximate surface area is 107 Å². The number of nitrogens with one attached hydrogen (secondary N) is 1. The van der Waals surface area contributed by atoms with E-state index < -0.39 is 0 Å². The lowest BCUT2D eigenvalue weighted by Gasteiger charge is -2.16. The molecule has 0 aliphatic carbocycles. The van der Waals surface area contributed by atoms with E-state index in [1.165, 1.54) is 0 Å². The van der Waals surface area contributed by atoms with Gasteiger partial charge in [-0.2, -0.15) is 0 Å². The van der Waals surface area contributed by atoms with Crippen molar-refractivity contribution in [3.8, 4) is 5.75 Å². The fourth-order valence-electron chi connectivity index (χ4n) is 1.89. The maximum Gasteiger partial charge on any atom is 0.125 e. The first-order chi connectivity index (χ1) is 8.69. The average molecular weight is 243 g/mol. The van der Waals surface area contributed by atoms with Crippen LogP contribution in [0.3, 0.4) is 0 Å². The van der Waals surface area contributed by atoms with E-state index in [4.69, 9.17) is 0 Å². The number of aromatic nitrogens is 2. The number of rotatable bonds is 4. The van der Waals surface area contributed by atoms with Crippen molar-refractivity contribution in [1.29, 1.82) is 0 Å². The molecule has 1 unspecified atom stereocenters. The maximum absolute atomic E-state index is 9.27. The first kappa shape index (κ1) is 12.5. The summed E-state index contributed by atoms with van der Waals surface area (Å²) in [4.78, 5) is 8.54. The van der Waals surface area contributed by atoms with Crippen LogP contribution in [0.5, 0.6) is 5.75 Å². The Kier molecular flexibility index (Phi) is 3.89. The van der Waals surface area contributed by atoms with Gasteiger partial charge < -0.3 is 10.4 Å². The molecule has 0 saturated heterocycles. The third-order valence-electron chi connectivity index (χ3n) is 2.88. The number of hydrogen-bond acceptors (Lipinski definition) is 4. The van der Waals surface area contributed by atoms with Crippen molar-refractivity contribution in [3.63, 3.8) is 0 Å². The van der Waals surface area contributed by atoms with Crippen LogP contribution in [-0.4, -0.2) is 22.1 Å². The maximum atomic E-state index is 9.27. The topological polar surface area (TPSA) is 58.0 Å². The third-order valence-corrected chi connectivity index (χ3v) is 2.88. The summed E-state index contributed by atoms with van der Waals surface area (Å²) in [7, 11) is 1.92. The number of aryl methyl sites for hydroxylation is 1. The third kappa shape index (κ3) is 3.05. The number of nitrogens with zero attached hydrogens (tertiary/aromatic N) is 2. The SMILES string of the molecule is CNC(Cc1ccc(O)cc1)c1ccnc(C)n1. The van der Waals surface area contributed by atoms with Crippen LogP contribution in [-0.2, 0) is 6.42 Å². The van der Waals surface area contributed by atoms with Gasteiger partial charge in [0.2, 0.25) is 0 Å². The molecule has 0 fully saturated rings. The van der Waals surface area contributed by atoms with Crippen LogP contribution >= 0.6 is 0 Å². The van der Waals surface area contributed by atoms with Crippen molar-refractivity contribution in [3.05, 3.63) is 53.6 Å². The molecule has 1 atom stereocenters. The molecule has 0 aliphatic heterocycles. The predicted molar refractivity (Wildman–Crippen MR) is 70.4 cm³/mol. The van der Waals surface area contributed by atoms with Gasteiger partial charge in [-0.1, -0.05) is 12.1 Å². The molecule has 4 nitrogen and oxygen atoms in total. The summed E-state index contributed by atoms with van der Waals surface area (Å²) in [6.45, 7) is 1.89. The van der Waals surface area contributed by atoms with E-state index >= 15 is 0 Å². The van der Waals surface area contributed by atoms with Crippen LogP contribution in [0.4, 0.5) is 0 Å². The van der Waals surface area contributed by atoms with E-state index in [0.717, 1.165) is 23.5 Å². The number of phenolic OH excluding ortho intramolecular Hbond substituents is 1. The fourth-order valence-corrected chi connectivity index (χ4v) is 1.89. The zero-order valence-corrected chi connectivity index (χ0v) is 10.6. The molecule has 0 saturated carbocycles. The highest BCUT2D eigenvalue weighted by Gasteiger charge is 2.11. The van der Waals surface area contributed by atoms with Crippen LogP contribution in [0, 0.1) is 6.92 Å². The van der Waals surface area contributed by atoms with Crippen LogP contribution in [0.2, 0.25) is 0 Å². The second kappa shape index (κ2) is 5.60. The van der Waals surface area contributed by atoms with Crippen molar-refractivity contribution in [2.24, 2.45) is 0 Å². The van der Waals surface area contributed by atoms with E-state index in [9.17, 15) is 5.11 Å². The Morgan fingerprint density at radius 3 is 2.56 bits per heavy atom. The quantitative estimate of drug-likeness (QED) is 0.862. The summed E-state index contributed by atoms with van der Waals surface area (Å²) in [5, 5.41) is 12.5. The van der Waals surface area contributed by atoms with Crippen LogP contribution in [0.15, 0.2) is 36.5 Å². The van der Waals surface area contributed by atoms with Gasteiger partial charge in [-0.05, 0) is 44.2 Å². The number of aromatic hydroxyl groups is 1. The van der Waals surface area contributed by atoms with E-state index in [-0.39, 0.29) is 11.8 Å². The number of likely N-dealkylation sites (N-methyl/N-ethyl adjacent to an activating group) is 1. The highest BCUT2D eigenvalue weighted by Crippen LogP contribution is 2.18. The second-order valence-electron chi connectivity index (χ2n) is 4.24. The highest BCUT2D eigenvalue weighted by molar-refractivity contribution is 5.27. The molecule has 4 heteroatoms. The molecule has 0 spiro atoms. The largest absolute Gasteiger partial charge is 0.508 e. The summed E-state index contributed by atoms with van der Waals surface area (Å²) in [6.07, 6.45) is 2.60. The Morgan fingerprint density at radius 2 is 1.94 bits per heavy atom. The number of benzene rings is 1. The average Bonchev–Trinajstić information content (AvgIpc) is 2.38. The van der Waals surface area contributed by atoms with Gasteiger partial charge in [0.25, 0.3) is 0 Å². The Morgan fingerprint density at radius 1 is 1.22 bits per heavy atom. The molecule has 94 valence electrons. The van der Waals surface area contributed by atoms with Gasteiger partial charge >= 0.3 is 0 Å². The summed E-state index contributed by atoms with van der Waals surface area (Å²) in [5.41, 5.74) is 2.14. The molecular weight excluding hydrogens is 226 g/mol. The molecular formula is C14H17N3O. The lowest BCUT2D eigenvalue weighted by molar-refractivity contribution is 0.474. The van der Waals surface area contributed by atoms with Crippen LogP contribution in [0.1, 0.15) is 23.1 Å². The summed E-state index contributed by atoms with van der Waals surface area (Å²) in [6, 6.07) is 9.33.